The van der Waals surface area contributed by atoms with E-state index in [1.807, 2.05) is 0 Å². The third-order valence-electron chi connectivity index (χ3n) is 3.04. The normalized spacial score (nSPS) is 17.9. The van der Waals surface area contributed by atoms with Gasteiger partial charge in [-0.2, -0.15) is 0 Å². The molecule has 1 aliphatic rings. The molecule has 1 heterocycles. The molecular formula is C10H15ClN2O. The van der Waals surface area contributed by atoms with Gasteiger partial charge in [-0.3, -0.25) is 14.6 Å². The van der Waals surface area contributed by atoms with Crippen molar-refractivity contribution in [2.24, 2.45) is 5.92 Å². The largest absolute Gasteiger partial charge is 0.273 e. The highest BCUT2D eigenvalue weighted by Gasteiger charge is 2.17. The minimum atomic E-state index is -0.0620. The summed E-state index contributed by atoms with van der Waals surface area (Å²) < 4.78 is 1.79. The lowest BCUT2D eigenvalue weighted by Gasteiger charge is -2.10. The van der Waals surface area contributed by atoms with Gasteiger partial charge in [0.25, 0.3) is 5.56 Å². The molecular weight excluding hydrogens is 200 g/mol. The van der Waals surface area contributed by atoms with Crippen molar-refractivity contribution in [2.45, 2.75) is 39.2 Å². The Morgan fingerprint density at radius 3 is 2.64 bits per heavy atom. The maximum Gasteiger partial charge on any atom is 0.268 e. The standard InChI is InChI=1S/C10H15ClN2O/c1-7-9(11)13(12-10(7)14)6-8-4-2-3-5-8/h8H,2-6H2,1H3,(H,12,14). The minimum absolute atomic E-state index is 0.0620. The molecule has 1 saturated carbocycles. The molecule has 1 aromatic rings. The van der Waals surface area contributed by atoms with Crippen LogP contribution in [0, 0.1) is 12.8 Å². The molecule has 14 heavy (non-hydrogen) atoms. The number of aromatic amines is 1. The maximum absolute atomic E-state index is 11.3. The Bertz CT molecular complexity index is 374. The van der Waals surface area contributed by atoms with Crippen LogP contribution in [0.4, 0.5) is 0 Å². The van der Waals surface area contributed by atoms with Crippen molar-refractivity contribution in [3.63, 3.8) is 0 Å². The van der Waals surface area contributed by atoms with Crippen LogP contribution in [0.1, 0.15) is 31.2 Å². The predicted octanol–water partition coefficient (Wildman–Crippen LogP) is 2.33. The lowest BCUT2D eigenvalue weighted by molar-refractivity contribution is 0.428. The van der Waals surface area contributed by atoms with Crippen LogP contribution in [0.2, 0.25) is 5.15 Å². The monoisotopic (exact) mass is 214 g/mol. The molecule has 78 valence electrons. The number of rotatable bonds is 2. The number of aromatic nitrogens is 2. The molecule has 1 N–H and O–H groups in total. The fraction of sp³-hybridized carbons (Fsp3) is 0.700. The summed E-state index contributed by atoms with van der Waals surface area (Å²) in [4.78, 5) is 11.3. The molecule has 0 amide bonds. The van der Waals surface area contributed by atoms with Gasteiger partial charge in [0.15, 0.2) is 0 Å². The molecule has 1 fully saturated rings. The first-order chi connectivity index (χ1) is 6.68. The predicted molar refractivity (Wildman–Crippen MR) is 56.8 cm³/mol. The second-order valence-corrected chi connectivity index (χ2v) is 4.48. The molecule has 0 aromatic carbocycles. The van der Waals surface area contributed by atoms with Gasteiger partial charge in [-0.1, -0.05) is 24.4 Å². The van der Waals surface area contributed by atoms with Gasteiger partial charge in [0, 0.05) is 6.54 Å². The summed E-state index contributed by atoms with van der Waals surface area (Å²) in [6, 6.07) is 0. The van der Waals surface area contributed by atoms with E-state index in [-0.39, 0.29) is 5.56 Å². The molecule has 0 spiro atoms. The minimum Gasteiger partial charge on any atom is -0.273 e. The number of nitrogens with zero attached hydrogens (tertiary/aromatic N) is 1. The third-order valence-corrected chi connectivity index (χ3v) is 3.53. The van der Waals surface area contributed by atoms with Gasteiger partial charge >= 0.3 is 0 Å². The summed E-state index contributed by atoms with van der Waals surface area (Å²) >= 11 is 6.02. The lowest BCUT2D eigenvalue weighted by Crippen LogP contribution is -2.11. The van der Waals surface area contributed by atoms with Gasteiger partial charge in [0.05, 0.1) is 5.56 Å². The Kier molecular flexibility index (Phi) is 2.68. The second-order valence-electron chi connectivity index (χ2n) is 4.12. The van der Waals surface area contributed by atoms with E-state index >= 15 is 0 Å². The van der Waals surface area contributed by atoms with Crippen LogP contribution in [-0.4, -0.2) is 9.78 Å². The van der Waals surface area contributed by atoms with Gasteiger partial charge in [0.2, 0.25) is 0 Å². The van der Waals surface area contributed by atoms with Crippen molar-refractivity contribution < 1.29 is 0 Å². The number of halogens is 1. The molecule has 0 saturated heterocycles. The first-order valence-electron chi connectivity index (χ1n) is 5.13. The Balaban J connectivity index is 2.16. The van der Waals surface area contributed by atoms with Crippen molar-refractivity contribution in [1.82, 2.24) is 9.78 Å². The van der Waals surface area contributed by atoms with Crippen molar-refractivity contribution in [3.8, 4) is 0 Å². The number of hydrogen-bond acceptors (Lipinski definition) is 1. The lowest BCUT2D eigenvalue weighted by atomic mass is 10.1. The zero-order valence-corrected chi connectivity index (χ0v) is 9.10. The van der Waals surface area contributed by atoms with E-state index in [1.165, 1.54) is 25.7 Å². The fourth-order valence-electron chi connectivity index (χ4n) is 2.13. The van der Waals surface area contributed by atoms with Crippen LogP contribution in [0.15, 0.2) is 4.79 Å². The van der Waals surface area contributed by atoms with Crippen LogP contribution in [0.3, 0.4) is 0 Å². The number of H-pyrrole nitrogens is 1. The van der Waals surface area contributed by atoms with Gasteiger partial charge < -0.3 is 0 Å². The Morgan fingerprint density at radius 2 is 2.14 bits per heavy atom. The first-order valence-corrected chi connectivity index (χ1v) is 5.51. The third kappa shape index (κ3) is 1.73. The highest BCUT2D eigenvalue weighted by molar-refractivity contribution is 6.30. The van der Waals surface area contributed by atoms with E-state index < -0.39 is 0 Å². The zero-order chi connectivity index (χ0) is 10.1. The topological polar surface area (TPSA) is 37.8 Å². The van der Waals surface area contributed by atoms with Crippen LogP contribution >= 0.6 is 11.6 Å². The molecule has 0 aliphatic heterocycles. The maximum atomic E-state index is 11.3. The molecule has 2 rings (SSSR count). The highest BCUT2D eigenvalue weighted by atomic mass is 35.5. The van der Waals surface area contributed by atoms with Crippen molar-refractivity contribution >= 4 is 11.6 Å². The smallest absolute Gasteiger partial charge is 0.268 e. The zero-order valence-electron chi connectivity index (χ0n) is 8.35. The van der Waals surface area contributed by atoms with E-state index in [1.54, 1.807) is 11.6 Å². The highest BCUT2D eigenvalue weighted by Crippen LogP contribution is 2.27. The summed E-state index contributed by atoms with van der Waals surface area (Å²) in [5, 5.41) is 3.34. The molecule has 1 aliphatic carbocycles. The summed E-state index contributed by atoms with van der Waals surface area (Å²) in [6.07, 6.45) is 5.14. The average Bonchev–Trinajstić information content (AvgIpc) is 2.73. The van der Waals surface area contributed by atoms with E-state index in [4.69, 9.17) is 11.6 Å². The summed E-state index contributed by atoms with van der Waals surface area (Å²) in [6.45, 7) is 2.62. The Labute approximate surface area is 88.1 Å². The first kappa shape index (κ1) is 9.84. The van der Waals surface area contributed by atoms with E-state index in [2.05, 4.69) is 5.10 Å². The molecule has 0 atom stereocenters. The van der Waals surface area contributed by atoms with Gasteiger partial charge in [-0.25, -0.2) is 0 Å². The van der Waals surface area contributed by atoms with Gasteiger partial charge in [-0.05, 0) is 25.7 Å². The van der Waals surface area contributed by atoms with Crippen LogP contribution in [0.5, 0.6) is 0 Å². The van der Waals surface area contributed by atoms with Crippen LogP contribution in [0.25, 0.3) is 0 Å². The fourth-order valence-corrected chi connectivity index (χ4v) is 2.33. The van der Waals surface area contributed by atoms with E-state index in [0.29, 0.717) is 16.6 Å². The second kappa shape index (κ2) is 3.81. The Morgan fingerprint density at radius 1 is 1.50 bits per heavy atom. The van der Waals surface area contributed by atoms with Crippen molar-refractivity contribution in [3.05, 3.63) is 21.1 Å². The van der Waals surface area contributed by atoms with Crippen LogP contribution < -0.4 is 5.56 Å². The number of nitrogens with one attached hydrogen (secondary N) is 1. The SMILES string of the molecule is Cc1c(Cl)n(CC2CCCC2)[nH]c1=O. The van der Waals surface area contributed by atoms with Gasteiger partial charge in [0.1, 0.15) is 5.15 Å². The molecule has 4 heteroatoms. The molecule has 1 aromatic heterocycles. The molecule has 0 bridgehead atoms. The Hall–Kier alpha value is -0.700. The van der Waals surface area contributed by atoms with Crippen molar-refractivity contribution in [2.75, 3.05) is 0 Å². The summed E-state index contributed by atoms with van der Waals surface area (Å²) in [7, 11) is 0. The van der Waals surface area contributed by atoms with Gasteiger partial charge in [-0.15, -0.1) is 0 Å². The van der Waals surface area contributed by atoms with Crippen molar-refractivity contribution in [1.29, 1.82) is 0 Å². The van der Waals surface area contributed by atoms with E-state index in [9.17, 15) is 4.79 Å². The molecule has 0 unspecified atom stereocenters. The molecule has 3 nitrogen and oxygen atoms in total. The summed E-state index contributed by atoms with van der Waals surface area (Å²) in [5.74, 6) is 0.690. The quantitative estimate of drug-likeness (QED) is 0.806. The van der Waals surface area contributed by atoms with E-state index in [0.717, 1.165) is 6.54 Å². The number of hydrogen-bond donors (Lipinski definition) is 1. The van der Waals surface area contributed by atoms with Crippen LogP contribution in [-0.2, 0) is 6.54 Å². The summed E-state index contributed by atoms with van der Waals surface area (Å²) in [5.41, 5.74) is 0.567. The average molecular weight is 215 g/mol. The molecule has 0 radical (unpaired) electrons.